The van der Waals surface area contributed by atoms with E-state index in [1.165, 1.54) is 25.1 Å². The van der Waals surface area contributed by atoms with Crippen LogP contribution >= 0.6 is 0 Å². The van der Waals surface area contributed by atoms with Crippen molar-refractivity contribution in [1.82, 2.24) is 4.90 Å². The molecule has 3 aromatic rings. The molecule has 0 saturated carbocycles. The van der Waals surface area contributed by atoms with Crippen LogP contribution in [0.2, 0.25) is 0 Å². The van der Waals surface area contributed by atoms with Crippen LogP contribution in [0.25, 0.3) is 0 Å². The second kappa shape index (κ2) is 10.7. The van der Waals surface area contributed by atoms with E-state index in [0.29, 0.717) is 23.7 Å². The largest absolute Gasteiger partial charge is 0.495 e. The van der Waals surface area contributed by atoms with Crippen molar-refractivity contribution in [2.24, 2.45) is 0 Å². The SMILES string of the molecule is COc1ccccc1NC(=O)COc1coc(CN2CCN(c3ccccc3)CC2)cc1=O. The predicted octanol–water partition coefficient (Wildman–Crippen LogP) is 2.99. The first kappa shape index (κ1) is 22.4. The molecule has 172 valence electrons. The lowest BCUT2D eigenvalue weighted by atomic mass is 10.2. The van der Waals surface area contributed by atoms with E-state index in [0.717, 1.165) is 26.2 Å². The molecule has 4 rings (SSSR count). The van der Waals surface area contributed by atoms with E-state index in [9.17, 15) is 9.59 Å². The second-order valence-corrected chi connectivity index (χ2v) is 7.71. The van der Waals surface area contributed by atoms with Gasteiger partial charge in [-0.15, -0.1) is 0 Å². The summed E-state index contributed by atoms with van der Waals surface area (Å²) in [5, 5.41) is 2.70. The third kappa shape index (κ3) is 5.93. The van der Waals surface area contributed by atoms with Gasteiger partial charge in [-0.2, -0.15) is 0 Å². The Bertz CT molecular complexity index is 1120. The van der Waals surface area contributed by atoms with Gasteiger partial charge in [0, 0.05) is 37.9 Å². The lowest BCUT2D eigenvalue weighted by Crippen LogP contribution is -2.46. The third-order valence-corrected chi connectivity index (χ3v) is 5.47. The van der Waals surface area contributed by atoms with E-state index >= 15 is 0 Å². The van der Waals surface area contributed by atoms with Crippen molar-refractivity contribution in [3.8, 4) is 11.5 Å². The normalized spacial score (nSPS) is 14.0. The van der Waals surface area contributed by atoms with Gasteiger partial charge in [0.1, 0.15) is 17.8 Å². The fraction of sp³-hybridized carbons (Fsp3) is 0.280. The molecule has 0 aliphatic carbocycles. The van der Waals surface area contributed by atoms with Crippen molar-refractivity contribution in [2.45, 2.75) is 6.54 Å². The van der Waals surface area contributed by atoms with Crippen LogP contribution in [0.4, 0.5) is 11.4 Å². The van der Waals surface area contributed by atoms with Crippen molar-refractivity contribution in [2.75, 3.05) is 50.1 Å². The maximum atomic E-state index is 12.4. The van der Waals surface area contributed by atoms with Gasteiger partial charge in [-0.3, -0.25) is 14.5 Å². The van der Waals surface area contributed by atoms with Crippen LogP contribution in [0.3, 0.4) is 0 Å². The molecule has 0 bridgehead atoms. The monoisotopic (exact) mass is 449 g/mol. The average Bonchev–Trinajstić information content (AvgIpc) is 2.85. The average molecular weight is 450 g/mol. The standard InChI is InChI=1S/C25H27N3O5/c1-31-23-10-6-5-9-21(23)26-25(30)18-33-24-17-32-20(15-22(24)29)16-27-11-13-28(14-12-27)19-7-3-2-4-8-19/h2-10,15,17H,11-14,16,18H2,1H3,(H,26,30). The summed E-state index contributed by atoms with van der Waals surface area (Å²) < 4.78 is 16.2. The molecule has 1 aliphatic heterocycles. The second-order valence-electron chi connectivity index (χ2n) is 7.71. The Morgan fingerprint density at radius 1 is 1.00 bits per heavy atom. The highest BCUT2D eigenvalue weighted by Crippen LogP contribution is 2.23. The number of hydrogen-bond acceptors (Lipinski definition) is 7. The van der Waals surface area contributed by atoms with Crippen LogP contribution < -0.4 is 25.1 Å². The highest BCUT2D eigenvalue weighted by atomic mass is 16.5. The maximum absolute atomic E-state index is 12.4. The van der Waals surface area contributed by atoms with Crippen molar-refractivity contribution < 1.29 is 18.7 Å². The number of para-hydroxylation sites is 3. The van der Waals surface area contributed by atoms with Gasteiger partial charge < -0.3 is 24.1 Å². The van der Waals surface area contributed by atoms with E-state index in [1.807, 2.05) is 18.2 Å². The Balaban J connectivity index is 1.27. The zero-order valence-electron chi connectivity index (χ0n) is 18.5. The topological polar surface area (TPSA) is 84.2 Å². The Labute approximate surface area is 192 Å². The first-order chi connectivity index (χ1) is 16.1. The van der Waals surface area contributed by atoms with Crippen LogP contribution in [0, 0.1) is 0 Å². The van der Waals surface area contributed by atoms with Gasteiger partial charge in [-0.05, 0) is 24.3 Å². The minimum absolute atomic E-state index is 0.00261. The molecule has 0 radical (unpaired) electrons. The van der Waals surface area contributed by atoms with Gasteiger partial charge in [-0.25, -0.2) is 0 Å². The van der Waals surface area contributed by atoms with E-state index in [1.54, 1.807) is 24.3 Å². The summed E-state index contributed by atoms with van der Waals surface area (Å²) in [6.45, 7) is 3.81. The number of piperazine rings is 1. The van der Waals surface area contributed by atoms with Gasteiger partial charge in [0.2, 0.25) is 11.2 Å². The van der Waals surface area contributed by atoms with Gasteiger partial charge in [0.25, 0.3) is 5.91 Å². The number of rotatable bonds is 8. The van der Waals surface area contributed by atoms with E-state index in [2.05, 4.69) is 27.2 Å². The number of benzene rings is 2. The number of nitrogens with one attached hydrogen (secondary N) is 1. The maximum Gasteiger partial charge on any atom is 0.262 e. The summed E-state index contributed by atoms with van der Waals surface area (Å²) in [5.41, 5.74) is 1.44. The predicted molar refractivity (Wildman–Crippen MR) is 126 cm³/mol. The molecule has 2 heterocycles. The van der Waals surface area contributed by atoms with Crippen LogP contribution in [-0.2, 0) is 11.3 Å². The number of anilines is 2. The molecule has 1 aromatic heterocycles. The van der Waals surface area contributed by atoms with Crippen LogP contribution in [-0.4, -0.2) is 50.7 Å². The molecule has 1 amide bonds. The molecule has 1 fully saturated rings. The zero-order valence-corrected chi connectivity index (χ0v) is 18.5. The van der Waals surface area contributed by atoms with Gasteiger partial charge in [0.05, 0.1) is 19.3 Å². The van der Waals surface area contributed by atoms with Crippen LogP contribution in [0.1, 0.15) is 5.76 Å². The molecule has 1 aliphatic rings. The number of carbonyl (C=O) groups excluding carboxylic acids is 1. The van der Waals surface area contributed by atoms with Crippen LogP contribution in [0.5, 0.6) is 11.5 Å². The van der Waals surface area contributed by atoms with E-state index < -0.39 is 5.91 Å². The number of methoxy groups -OCH3 is 1. The van der Waals surface area contributed by atoms with Gasteiger partial charge in [0.15, 0.2) is 6.61 Å². The number of hydrogen-bond donors (Lipinski definition) is 1. The summed E-state index contributed by atoms with van der Waals surface area (Å²) in [7, 11) is 1.53. The summed E-state index contributed by atoms with van der Waals surface area (Å²) in [5.74, 6) is 0.709. The smallest absolute Gasteiger partial charge is 0.262 e. The minimum atomic E-state index is -0.403. The molecule has 1 saturated heterocycles. The fourth-order valence-corrected chi connectivity index (χ4v) is 3.73. The van der Waals surface area contributed by atoms with E-state index in [-0.39, 0.29) is 17.8 Å². The minimum Gasteiger partial charge on any atom is -0.495 e. The van der Waals surface area contributed by atoms with Crippen molar-refractivity contribution >= 4 is 17.3 Å². The van der Waals surface area contributed by atoms with Crippen molar-refractivity contribution in [1.29, 1.82) is 0 Å². The van der Waals surface area contributed by atoms with Crippen LogP contribution in [0.15, 0.2) is 76.1 Å². The lowest BCUT2D eigenvalue weighted by Gasteiger charge is -2.35. The lowest BCUT2D eigenvalue weighted by molar-refractivity contribution is -0.118. The Morgan fingerprint density at radius 2 is 1.73 bits per heavy atom. The summed E-state index contributed by atoms with van der Waals surface area (Å²) in [6, 6.07) is 18.8. The van der Waals surface area contributed by atoms with Gasteiger partial charge in [-0.1, -0.05) is 30.3 Å². The highest BCUT2D eigenvalue weighted by Gasteiger charge is 2.18. The number of ether oxygens (including phenoxy) is 2. The molecule has 0 atom stereocenters. The summed E-state index contributed by atoms with van der Waals surface area (Å²) >= 11 is 0. The van der Waals surface area contributed by atoms with Gasteiger partial charge >= 0.3 is 0 Å². The quantitative estimate of drug-likeness (QED) is 0.566. The Hall–Kier alpha value is -3.78. The highest BCUT2D eigenvalue weighted by molar-refractivity contribution is 5.93. The van der Waals surface area contributed by atoms with Crippen molar-refractivity contribution in [3.05, 3.63) is 82.9 Å². The molecule has 1 N–H and O–H groups in total. The molecule has 0 spiro atoms. The third-order valence-electron chi connectivity index (χ3n) is 5.47. The zero-order chi connectivity index (χ0) is 23.0. The molecular weight excluding hydrogens is 422 g/mol. The number of nitrogens with zero attached hydrogens (tertiary/aromatic N) is 2. The molecular formula is C25H27N3O5. The van der Waals surface area contributed by atoms with E-state index in [4.69, 9.17) is 13.9 Å². The molecule has 8 nitrogen and oxygen atoms in total. The molecule has 33 heavy (non-hydrogen) atoms. The number of amides is 1. The summed E-state index contributed by atoms with van der Waals surface area (Å²) in [6.07, 6.45) is 1.27. The Kier molecular flexibility index (Phi) is 7.26. The molecule has 8 heteroatoms. The Morgan fingerprint density at radius 3 is 2.45 bits per heavy atom. The first-order valence-corrected chi connectivity index (χ1v) is 10.8. The first-order valence-electron chi connectivity index (χ1n) is 10.8. The van der Waals surface area contributed by atoms with Crippen molar-refractivity contribution in [3.63, 3.8) is 0 Å². The molecule has 2 aromatic carbocycles. The summed E-state index contributed by atoms with van der Waals surface area (Å²) in [4.78, 5) is 29.2. The number of carbonyl (C=O) groups is 1. The fourth-order valence-electron chi connectivity index (χ4n) is 3.73. The molecule has 0 unspecified atom stereocenters.